The van der Waals surface area contributed by atoms with Crippen LogP contribution in [0, 0.1) is 5.92 Å². The molecule has 23 heavy (non-hydrogen) atoms. The molecule has 3 heterocycles. The molecule has 118 valence electrons. The first-order chi connectivity index (χ1) is 11.3. The Morgan fingerprint density at radius 2 is 2.04 bits per heavy atom. The number of carbonyl (C=O) groups is 1. The fraction of sp³-hybridized carbons (Fsp3) is 0.389. The van der Waals surface area contributed by atoms with Crippen molar-refractivity contribution in [2.75, 3.05) is 13.1 Å². The largest absolute Gasteiger partial charge is 0.469 e. The van der Waals surface area contributed by atoms with Gasteiger partial charge in [-0.3, -0.25) is 0 Å². The zero-order valence-electron chi connectivity index (χ0n) is 12.7. The molecule has 1 unspecified atom stereocenters. The lowest BCUT2D eigenvalue weighted by molar-refractivity contribution is 0.139. The molecule has 3 atom stereocenters. The Kier molecular flexibility index (Phi) is 2.65. The summed E-state index contributed by atoms with van der Waals surface area (Å²) in [6.07, 6.45) is 3.75. The van der Waals surface area contributed by atoms with E-state index in [1.165, 1.54) is 5.06 Å². The fourth-order valence-corrected chi connectivity index (χ4v) is 4.13. The molecule has 1 aromatic heterocycles. The van der Waals surface area contributed by atoms with Gasteiger partial charge in [0.2, 0.25) is 6.23 Å². The van der Waals surface area contributed by atoms with Crippen molar-refractivity contribution in [1.29, 1.82) is 0 Å². The van der Waals surface area contributed by atoms with Crippen LogP contribution in [0.25, 0.3) is 0 Å². The van der Waals surface area contributed by atoms with E-state index in [2.05, 4.69) is 0 Å². The molecule has 5 rings (SSSR count). The Labute approximate surface area is 134 Å². The molecule has 1 aromatic carbocycles. The number of nitrogens with zero attached hydrogens (tertiary/aromatic N) is 2. The summed E-state index contributed by atoms with van der Waals surface area (Å²) in [5, 5.41) is 1.48. The third kappa shape index (κ3) is 1.86. The molecule has 2 amide bonds. The number of benzene rings is 1. The predicted molar refractivity (Wildman–Crippen MR) is 82.2 cm³/mol. The summed E-state index contributed by atoms with van der Waals surface area (Å²) >= 11 is 0. The van der Waals surface area contributed by atoms with Crippen LogP contribution < -0.4 is 0 Å². The van der Waals surface area contributed by atoms with E-state index in [4.69, 9.17) is 9.25 Å². The minimum absolute atomic E-state index is 0.0252. The molecule has 2 aliphatic heterocycles. The molecule has 0 N–H and O–H groups in total. The maximum atomic E-state index is 12.7. The average Bonchev–Trinajstić information content (AvgIpc) is 3.10. The van der Waals surface area contributed by atoms with Gasteiger partial charge in [0.05, 0.1) is 11.7 Å². The van der Waals surface area contributed by atoms with E-state index in [1.807, 2.05) is 47.4 Å². The summed E-state index contributed by atoms with van der Waals surface area (Å²) < 4.78 is 5.65. The molecule has 2 aromatic rings. The summed E-state index contributed by atoms with van der Waals surface area (Å²) in [5.41, 5.74) is 1.04. The first-order valence-corrected chi connectivity index (χ1v) is 8.12. The van der Waals surface area contributed by atoms with E-state index in [9.17, 15) is 4.79 Å². The number of hydroxylamine groups is 2. The average molecular weight is 310 g/mol. The van der Waals surface area contributed by atoms with Gasteiger partial charge in [-0.05, 0) is 30.9 Å². The lowest BCUT2D eigenvalue weighted by Crippen LogP contribution is -2.43. The maximum absolute atomic E-state index is 12.7. The number of hydrogen-bond donors (Lipinski definition) is 0. The SMILES string of the molecule is O=C(N1C[C@@H]2CC[C@]2(c2ccco2)C1)N1OC1c1ccccc1. The highest BCUT2D eigenvalue weighted by atomic mass is 16.8. The first kappa shape index (κ1) is 13.2. The van der Waals surface area contributed by atoms with Gasteiger partial charge in [0.1, 0.15) is 5.76 Å². The number of amides is 2. The highest BCUT2D eigenvalue weighted by molar-refractivity contribution is 5.76. The Morgan fingerprint density at radius 1 is 1.17 bits per heavy atom. The normalized spacial score (nSPS) is 31.7. The number of urea groups is 1. The topological polar surface area (TPSA) is 49.0 Å². The lowest BCUT2D eigenvalue weighted by Gasteiger charge is -2.41. The first-order valence-electron chi connectivity index (χ1n) is 8.12. The van der Waals surface area contributed by atoms with Crippen LogP contribution in [0.15, 0.2) is 53.1 Å². The third-order valence-corrected chi connectivity index (χ3v) is 5.57. The van der Waals surface area contributed by atoms with Crippen LogP contribution >= 0.6 is 0 Å². The molecule has 2 saturated heterocycles. The molecule has 5 heteroatoms. The second-order valence-corrected chi connectivity index (χ2v) is 6.73. The van der Waals surface area contributed by atoms with Gasteiger partial charge < -0.3 is 9.32 Å². The summed E-state index contributed by atoms with van der Waals surface area (Å²) in [6, 6.07) is 13.8. The number of rotatable bonds is 2. The van der Waals surface area contributed by atoms with E-state index in [1.54, 1.807) is 6.26 Å². The van der Waals surface area contributed by atoms with Gasteiger partial charge in [-0.2, -0.15) is 5.06 Å². The van der Waals surface area contributed by atoms with Crippen LogP contribution in [0.4, 0.5) is 4.79 Å². The van der Waals surface area contributed by atoms with E-state index in [0.717, 1.165) is 37.3 Å². The van der Waals surface area contributed by atoms with Crippen molar-refractivity contribution in [3.8, 4) is 0 Å². The molecule has 3 fully saturated rings. The highest BCUT2D eigenvalue weighted by Gasteiger charge is 2.58. The molecule has 0 radical (unpaired) electrons. The van der Waals surface area contributed by atoms with Crippen LogP contribution in [-0.4, -0.2) is 29.1 Å². The quantitative estimate of drug-likeness (QED) is 0.800. The lowest BCUT2D eigenvalue weighted by atomic mass is 9.61. The van der Waals surface area contributed by atoms with Gasteiger partial charge in [-0.1, -0.05) is 30.3 Å². The van der Waals surface area contributed by atoms with Gasteiger partial charge in [0.25, 0.3) is 0 Å². The Hall–Kier alpha value is -2.27. The van der Waals surface area contributed by atoms with Crippen molar-refractivity contribution in [2.24, 2.45) is 5.92 Å². The molecule has 3 aliphatic rings. The molecular weight excluding hydrogens is 292 g/mol. The standard InChI is InChI=1S/C18H18N2O3/c21-17(20-16(23-20)13-5-2-1-3-6-13)19-11-14-8-9-18(14,12-19)15-7-4-10-22-15/h1-7,10,14,16H,8-9,11-12H2/t14-,16?,18-,20?/m0/s1. The van der Waals surface area contributed by atoms with Crippen LogP contribution in [0.1, 0.15) is 30.4 Å². The number of fused-ring (bicyclic) bond motifs is 1. The van der Waals surface area contributed by atoms with Gasteiger partial charge in [0.15, 0.2) is 0 Å². The van der Waals surface area contributed by atoms with Crippen LogP contribution in [0.3, 0.4) is 0 Å². The van der Waals surface area contributed by atoms with Crippen molar-refractivity contribution < 1.29 is 14.0 Å². The minimum atomic E-state index is -0.235. The number of furan rings is 1. The van der Waals surface area contributed by atoms with Gasteiger partial charge >= 0.3 is 6.03 Å². The molecular formula is C18H18N2O3. The van der Waals surface area contributed by atoms with E-state index in [-0.39, 0.29) is 17.7 Å². The maximum Gasteiger partial charge on any atom is 0.346 e. The van der Waals surface area contributed by atoms with Gasteiger partial charge in [0, 0.05) is 18.7 Å². The number of hydrogen-bond acceptors (Lipinski definition) is 3. The van der Waals surface area contributed by atoms with E-state index in [0.29, 0.717) is 5.92 Å². The van der Waals surface area contributed by atoms with Crippen LogP contribution in [-0.2, 0) is 10.3 Å². The van der Waals surface area contributed by atoms with Crippen molar-refractivity contribution in [3.05, 3.63) is 60.1 Å². The Morgan fingerprint density at radius 3 is 2.74 bits per heavy atom. The monoisotopic (exact) mass is 310 g/mol. The third-order valence-electron chi connectivity index (χ3n) is 5.57. The van der Waals surface area contributed by atoms with E-state index >= 15 is 0 Å². The zero-order valence-corrected chi connectivity index (χ0v) is 12.7. The summed E-state index contributed by atoms with van der Waals surface area (Å²) in [4.78, 5) is 20.1. The second kappa shape index (κ2) is 4.61. The molecule has 1 aliphatic carbocycles. The van der Waals surface area contributed by atoms with Crippen molar-refractivity contribution >= 4 is 6.03 Å². The summed E-state index contributed by atoms with van der Waals surface area (Å²) in [7, 11) is 0. The van der Waals surface area contributed by atoms with Crippen molar-refractivity contribution in [3.63, 3.8) is 0 Å². The smallest absolute Gasteiger partial charge is 0.346 e. The fourth-order valence-electron chi connectivity index (χ4n) is 4.13. The van der Waals surface area contributed by atoms with Gasteiger partial charge in [-0.25, -0.2) is 9.63 Å². The van der Waals surface area contributed by atoms with Crippen LogP contribution in [0.2, 0.25) is 0 Å². The number of carbonyl (C=O) groups excluding carboxylic acids is 1. The zero-order chi connectivity index (χ0) is 15.4. The summed E-state index contributed by atoms with van der Waals surface area (Å²) in [6.45, 7) is 1.52. The Bertz CT molecular complexity index is 730. The summed E-state index contributed by atoms with van der Waals surface area (Å²) in [5.74, 6) is 1.53. The molecule has 0 spiro atoms. The van der Waals surface area contributed by atoms with Crippen molar-refractivity contribution in [2.45, 2.75) is 24.5 Å². The van der Waals surface area contributed by atoms with E-state index < -0.39 is 0 Å². The van der Waals surface area contributed by atoms with Gasteiger partial charge in [-0.15, -0.1) is 0 Å². The Balaban J connectivity index is 1.32. The minimum Gasteiger partial charge on any atom is -0.469 e. The van der Waals surface area contributed by atoms with Crippen molar-refractivity contribution in [1.82, 2.24) is 9.96 Å². The number of likely N-dealkylation sites (tertiary alicyclic amines) is 1. The molecule has 1 saturated carbocycles. The highest BCUT2D eigenvalue weighted by Crippen LogP contribution is 2.54. The van der Waals surface area contributed by atoms with Crippen LogP contribution in [0.5, 0.6) is 0 Å². The molecule has 0 bridgehead atoms. The molecule has 5 nitrogen and oxygen atoms in total. The predicted octanol–water partition coefficient (Wildman–Crippen LogP) is 3.31. The second-order valence-electron chi connectivity index (χ2n) is 6.73.